The summed E-state index contributed by atoms with van der Waals surface area (Å²) in [5, 5.41) is 9.19. The minimum atomic E-state index is -0.653. The number of carbonyl (C=O) groups excluding carboxylic acids is 1. The lowest BCUT2D eigenvalue weighted by molar-refractivity contribution is -0.226. The maximum atomic E-state index is 13.6. The SMILES string of the molecule is O=C(N1N=CCC1c1cc(F)cc(F)c1)C12CC(COc3cnoc3)(C1)C2. The highest BCUT2D eigenvalue weighted by Gasteiger charge is 2.72. The van der Waals surface area contributed by atoms with Gasteiger partial charge in [0.15, 0.2) is 12.0 Å². The minimum Gasteiger partial charge on any atom is -0.488 e. The quantitative estimate of drug-likeness (QED) is 0.805. The standard InChI is InChI=1S/C19H17F2N3O3/c20-13-3-12(4-14(21)5-13)16-1-2-22-24(16)17(25)19-8-18(9-19,10-19)11-26-15-6-23-27-7-15/h2-7,16H,1,8-11H2. The maximum Gasteiger partial charge on any atom is 0.249 e. The molecular formula is C19H17F2N3O3. The molecule has 3 fully saturated rings. The Labute approximate surface area is 153 Å². The number of hydrogen-bond donors (Lipinski definition) is 0. The molecule has 2 aromatic rings. The van der Waals surface area contributed by atoms with Crippen LogP contribution in [-0.4, -0.2) is 28.9 Å². The molecule has 1 atom stereocenters. The van der Waals surface area contributed by atoms with Gasteiger partial charge in [0.25, 0.3) is 0 Å². The third-order valence-corrected chi connectivity index (χ3v) is 5.86. The Morgan fingerprint density at radius 2 is 2.00 bits per heavy atom. The van der Waals surface area contributed by atoms with Crippen LogP contribution in [0, 0.1) is 22.5 Å². The molecule has 140 valence electrons. The maximum absolute atomic E-state index is 13.6. The first kappa shape index (κ1) is 16.4. The van der Waals surface area contributed by atoms with Crippen LogP contribution in [0.5, 0.6) is 5.75 Å². The van der Waals surface area contributed by atoms with Gasteiger partial charge in [-0.25, -0.2) is 13.8 Å². The molecule has 2 heterocycles. The van der Waals surface area contributed by atoms with E-state index in [2.05, 4.69) is 10.3 Å². The fraction of sp³-hybridized carbons (Fsp3) is 0.421. The molecule has 4 aliphatic rings. The third kappa shape index (κ3) is 2.54. The van der Waals surface area contributed by atoms with Crippen molar-refractivity contribution in [1.29, 1.82) is 0 Å². The molecule has 1 amide bonds. The average Bonchev–Trinajstić information content (AvgIpc) is 3.22. The van der Waals surface area contributed by atoms with Crippen molar-refractivity contribution in [1.82, 2.24) is 10.2 Å². The molecule has 0 saturated heterocycles. The smallest absolute Gasteiger partial charge is 0.249 e. The second-order valence-electron chi connectivity index (χ2n) is 7.86. The first-order valence-corrected chi connectivity index (χ1v) is 8.83. The number of rotatable bonds is 5. The fourth-order valence-corrected chi connectivity index (χ4v) is 4.78. The predicted molar refractivity (Wildman–Crippen MR) is 89.8 cm³/mol. The summed E-state index contributed by atoms with van der Waals surface area (Å²) in [6.45, 7) is 0.519. The largest absolute Gasteiger partial charge is 0.488 e. The molecule has 1 aromatic carbocycles. The van der Waals surface area contributed by atoms with E-state index in [1.807, 2.05) is 0 Å². The molecule has 6 nitrogen and oxygen atoms in total. The van der Waals surface area contributed by atoms with E-state index >= 15 is 0 Å². The van der Waals surface area contributed by atoms with E-state index in [1.54, 1.807) is 6.21 Å². The molecule has 1 unspecified atom stereocenters. The van der Waals surface area contributed by atoms with E-state index in [-0.39, 0.29) is 11.3 Å². The van der Waals surface area contributed by atoms with Gasteiger partial charge in [-0.2, -0.15) is 5.10 Å². The Kier molecular flexibility index (Phi) is 3.41. The van der Waals surface area contributed by atoms with Crippen LogP contribution in [0.4, 0.5) is 8.78 Å². The van der Waals surface area contributed by atoms with Crippen molar-refractivity contribution >= 4 is 12.1 Å². The highest BCUT2D eigenvalue weighted by atomic mass is 19.1. The molecule has 0 N–H and O–H groups in total. The molecule has 0 spiro atoms. The molecule has 27 heavy (non-hydrogen) atoms. The van der Waals surface area contributed by atoms with Gasteiger partial charge in [0, 0.05) is 24.1 Å². The second-order valence-corrected chi connectivity index (χ2v) is 7.86. The summed E-state index contributed by atoms with van der Waals surface area (Å²) in [5.41, 5.74) is 0.0103. The Bertz CT molecular complexity index is 888. The van der Waals surface area contributed by atoms with Gasteiger partial charge in [-0.05, 0) is 37.0 Å². The van der Waals surface area contributed by atoms with Crippen LogP contribution >= 0.6 is 0 Å². The van der Waals surface area contributed by atoms with Crippen LogP contribution in [0.3, 0.4) is 0 Å². The highest BCUT2D eigenvalue weighted by molar-refractivity contribution is 5.88. The van der Waals surface area contributed by atoms with Crippen molar-refractivity contribution in [3.63, 3.8) is 0 Å². The fourth-order valence-electron chi connectivity index (χ4n) is 4.78. The van der Waals surface area contributed by atoms with Crippen molar-refractivity contribution in [2.45, 2.75) is 31.7 Å². The molecule has 1 aliphatic heterocycles. The average molecular weight is 373 g/mol. The zero-order valence-corrected chi connectivity index (χ0v) is 14.4. The van der Waals surface area contributed by atoms with Gasteiger partial charge in [-0.15, -0.1) is 0 Å². The number of hydrazone groups is 1. The molecule has 2 bridgehead atoms. The number of benzene rings is 1. The predicted octanol–water partition coefficient (Wildman–Crippen LogP) is 3.46. The van der Waals surface area contributed by atoms with Crippen LogP contribution in [0.15, 0.2) is 40.3 Å². The normalized spacial score (nSPS) is 30.7. The number of hydrogen-bond acceptors (Lipinski definition) is 5. The Morgan fingerprint density at radius 3 is 2.67 bits per heavy atom. The van der Waals surface area contributed by atoms with Crippen molar-refractivity contribution in [2.75, 3.05) is 6.61 Å². The number of ether oxygens (including phenoxy) is 1. The van der Waals surface area contributed by atoms with Crippen molar-refractivity contribution in [2.24, 2.45) is 15.9 Å². The van der Waals surface area contributed by atoms with Crippen LogP contribution in [0.1, 0.15) is 37.3 Å². The van der Waals surface area contributed by atoms with Gasteiger partial charge in [-0.1, -0.05) is 5.16 Å². The molecule has 8 heteroatoms. The lowest BCUT2D eigenvalue weighted by atomic mass is 9.35. The lowest BCUT2D eigenvalue weighted by Gasteiger charge is -2.69. The number of nitrogens with zero attached hydrogens (tertiary/aromatic N) is 3. The second kappa shape index (κ2) is 5.61. The number of amides is 1. The first-order chi connectivity index (χ1) is 13.0. The third-order valence-electron chi connectivity index (χ3n) is 5.86. The lowest BCUT2D eigenvalue weighted by Crippen LogP contribution is -2.69. The summed E-state index contributed by atoms with van der Waals surface area (Å²) in [7, 11) is 0. The summed E-state index contributed by atoms with van der Waals surface area (Å²) in [4.78, 5) is 13.1. The van der Waals surface area contributed by atoms with E-state index in [9.17, 15) is 13.6 Å². The van der Waals surface area contributed by atoms with Gasteiger partial charge in [-0.3, -0.25) is 4.79 Å². The van der Waals surface area contributed by atoms with Gasteiger partial charge in [0.05, 0.1) is 18.1 Å². The van der Waals surface area contributed by atoms with Crippen molar-refractivity contribution in [3.8, 4) is 5.75 Å². The molecule has 1 aromatic heterocycles. The summed E-state index contributed by atoms with van der Waals surface area (Å²) < 4.78 is 37.5. The summed E-state index contributed by atoms with van der Waals surface area (Å²) >= 11 is 0. The zero-order chi connectivity index (χ0) is 18.6. The van der Waals surface area contributed by atoms with Crippen molar-refractivity contribution < 1.29 is 22.8 Å². The summed E-state index contributed by atoms with van der Waals surface area (Å²) in [6.07, 6.45) is 7.23. The van der Waals surface area contributed by atoms with E-state index in [0.29, 0.717) is 24.3 Å². The zero-order valence-electron chi connectivity index (χ0n) is 14.4. The van der Waals surface area contributed by atoms with Gasteiger partial charge in [0.2, 0.25) is 5.91 Å². The molecule has 0 radical (unpaired) electrons. The Hall–Kier alpha value is -2.77. The van der Waals surface area contributed by atoms with Crippen LogP contribution in [0.25, 0.3) is 0 Å². The van der Waals surface area contributed by atoms with Gasteiger partial charge in [0.1, 0.15) is 17.8 Å². The number of aromatic nitrogens is 1. The minimum absolute atomic E-state index is 0.0107. The van der Waals surface area contributed by atoms with Gasteiger partial charge >= 0.3 is 0 Å². The van der Waals surface area contributed by atoms with E-state index in [0.717, 1.165) is 25.3 Å². The van der Waals surface area contributed by atoms with Gasteiger partial charge < -0.3 is 9.26 Å². The van der Waals surface area contributed by atoms with E-state index < -0.39 is 23.1 Å². The molecular weight excluding hydrogens is 356 g/mol. The number of halogens is 2. The van der Waals surface area contributed by atoms with Crippen molar-refractivity contribution in [3.05, 3.63) is 47.9 Å². The molecule has 6 rings (SSSR count). The Balaban J connectivity index is 1.26. The number of carbonyl (C=O) groups is 1. The molecule has 3 aliphatic carbocycles. The van der Waals surface area contributed by atoms with Crippen LogP contribution in [-0.2, 0) is 4.79 Å². The Morgan fingerprint density at radius 1 is 1.26 bits per heavy atom. The van der Waals surface area contributed by atoms with Crippen LogP contribution < -0.4 is 4.74 Å². The summed E-state index contributed by atoms with van der Waals surface area (Å²) in [5.74, 6) is -0.797. The van der Waals surface area contributed by atoms with E-state index in [1.165, 1.54) is 29.6 Å². The molecule has 3 saturated carbocycles. The summed E-state index contributed by atoms with van der Waals surface area (Å²) in [6, 6.07) is 2.89. The topological polar surface area (TPSA) is 67.9 Å². The van der Waals surface area contributed by atoms with E-state index in [4.69, 9.17) is 9.26 Å². The van der Waals surface area contributed by atoms with Crippen LogP contribution in [0.2, 0.25) is 0 Å². The first-order valence-electron chi connectivity index (χ1n) is 8.83. The highest BCUT2D eigenvalue weighted by Crippen LogP contribution is 2.74. The monoisotopic (exact) mass is 373 g/mol.